The topological polar surface area (TPSA) is 57.8 Å². The van der Waals surface area contributed by atoms with Gasteiger partial charge < -0.3 is 10.3 Å². The van der Waals surface area contributed by atoms with Crippen molar-refractivity contribution in [3.8, 4) is 11.4 Å². The molecule has 0 saturated carbocycles. The first kappa shape index (κ1) is 17.1. The molecule has 0 atom stereocenters. The number of carbonyl (C=O) groups is 1. The van der Waals surface area contributed by atoms with Crippen LogP contribution in [0.25, 0.3) is 11.4 Å². The molecule has 1 aromatic heterocycles. The lowest BCUT2D eigenvalue weighted by atomic mass is 10.1. The summed E-state index contributed by atoms with van der Waals surface area (Å²) >= 11 is -0.215. The van der Waals surface area contributed by atoms with Crippen LogP contribution < -0.4 is 5.32 Å². The molecule has 4 nitrogen and oxygen atoms in total. The van der Waals surface area contributed by atoms with Crippen molar-refractivity contribution >= 4 is 23.4 Å². The van der Waals surface area contributed by atoms with Crippen LogP contribution >= 0.6 is 11.8 Å². The van der Waals surface area contributed by atoms with Crippen LogP contribution in [0.3, 0.4) is 0 Å². The van der Waals surface area contributed by atoms with E-state index in [1.54, 1.807) is 36.7 Å². The number of imidazole rings is 1. The van der Waals surface area contributed by atoms with Gasteiger partial charge in [-0.2, -0.15) is 13.2 Å². The van der Waals surface area contributed by atoms with E-state index in [0.29, 0.717) is 5.69 Å². The molecule has 3 rings (SSSR count). The van der Waals surface area contributed by atoms with Crippen LogP contribution in [0, 0.1) is 0 Å². The zero-order valence-electron chi connectivity index (χ0n) is 12.7. The highest BCUT2D eigenvalue weighted by Crippen LogP contribution is 2.36. The molecule has 2 N–H and O–H groups in total. The Kier molecular flexibility index (Phi) is 4.80. The Morgan fingerprint density at radius 2 is 1.72 bits per heavy atom. The third-order valence-electron chi connectivity index (χ3n) is 3.26. The van der Waals surface area contributed by atoms with E-state index in [9.17, 15) is 18.0 Å². The molecule has 0 aliphatic carbocycles. The molecule has 0 fully saturated rings. The van der Waals surface area contributed by atoms with Gasteiger partial charge in [-0.15, -0.1) is 0 Å². The molecule has 128 valence electrons. The minimum absolute atomic E-state index is 0.0341. The number of aromatic amines is 1. The molecule has 0 radical (unpaired) electrons. The summed E-state index contributed by atoms with van der Waals surface area (Å²) < 4.78 is 36.9. The maximum absolute atomic E-state index is 12.3. The normalized spacial score (nSPS) is 11.3. The Hall–Kier alpha value is -2.74. The monoisotopic (exact) mass is 363 g/mol. The van der Waals surface area contributed by atoms with E-state index in [2.05, 4.69) is 15.3 Å². The highest BCUT2D eigenvalue weighted by atomic mass is 32.2. The lowest BCUT2D eigenvalue weighted by molar-refractivity contribution is -0.0328. The third-order valence-corrected chi connectivity index (χ3v) is 4.00. The Morgan fingerprint density at radius 1 is 1.04 bits per heavy atom. The van der Waals surface area contributed by atoms with Crippen molar-refractivity contribution in [2.24, 2.45) is 0 Å². The lowest BCUT2D eigenvalue weighted by Gasteiger charge is -2.08. The Morgan fingerprint density at radius 3 is 2.28 bits per heavy atom. The number of hydrogen-bond acceptors (Lipinski definition) is 3. The molecule has 0 bridgehead atoms. The van der Waals surface area contributed by atoms with Gasteiger partial charge in [-0.1, -0.05) is 0 Å². The largest absolute Gasteiger partial charge is 0.446 e. The molecule has 0 aliphatic rings. The average Bonchev–Trinajstić information content (AvgIpc) is 3.09. The summed E-state index contributed by atoms with van der Waals surface area (Å²) in [6, 6.07) is 12.3. The molecule has 0 spiro atoms. The summed E-state index contributed by atoms with van der Waals surface area (Å²) in [5.74, 6) is 0.324. The van der Waals surface area contributed by atoms with Gasteiger partial charge in [0.25, 0.3) is 5.91 Å². The van der Waals surface area contributed by atoms with Gasteiger partial charge >= 0.3 is 5.51 Å². The van der Waals surface area contributed by atoms with Crippen molar-refractivity contribution in [1.82, 2.24) is 9.97 Å². The Bertz CT molecular complexity index is 844. The van der Waals surface area contributed by atoms with Gasteiger partial charge in [-0.25, -0.2) is 4.98 Å². The van der Waals surface area contributed by atoms with Crippen molar-refractivity contribution in [2.45, 2.75) is 10.4 Å². The van der Waals surface area contributed by atoms with Gasteiger partial charge in [-0.05, 0) is 60.3 Å². The van der Waals surface area contributed by atoms with Crippen LogP contribution in [0.4, 0.5) is 18.9 Å². The number of halogens is 3. The van der Waals surface area contributed by atoms with E-state index in [0.717, 1.165) is 11.4 Å². The molecule has 25 heavy (non-hydrogen) atoms. The molecule has 0 saturated heterocycles. The fourth-order valence-electron chi connectivity index (χ4n) is 2.15. The number of rotatable bonds is 4. The minimum atomic E-state index is -4.35. The maximum atomic E-state index is 12.3. The molecule has 2 aromatic carbocycles. The summed E-state index contributed by atoms with van der Waals surface area (Å²) in [6.07, 6.45) is 3.36. The second kappa shape index (κ2) is 7.02. The molecular weight excluding hydrogens is 351 g/mol. The number of carbonyl (C=O) groups excluding carboxylic acids is 1. The molecule has 1 heterocycles. The summed E-state index contributed by atoms with van der Waals surface area (Å²) in [7, 11) is 0. The van der Waals surface area contributed by atoms with Crippen LogP contribution in [0.15, 0.2) is 65.8 Å². The highest BCUT2D eigenvalue weighted by molar-refractivity contribution is 8.00. The molecule has 1 amide bonds. The summed E-state index contributed by atoms with van der Waals surface area (Å²) in [5.41, 5.74) is -2.62. The SMILES string of the molecule is O=C(Nc1ccc(-c2ncc[nH]2)cc1)c1ccc(SC(F)(F)F)cc1. The van der Waals surface area contributed by atoms with Crippen LogP contribution in [-0.4, -0.2) is 21.4 Å². The predicted molar refractivity (Wildman–Crippen MR) is 90.3 cm³/mol. The van der Waals surface area contributed by atoms with Gasteiger partial charge in [0.1, 0.15) is 5.82 Å². The number of amides is 1. The first-order valence-electron chi connectivity index (χ1n) is 7.18. The highest BCUT2D eigenvalue weighted by Gasteiger charge is 2.29. The second-order valence-corrected chi connectivity index (χ2v) is 6.18. The number of nitrogens with one attached hydrogen (secondary N) is 2. The van der Waals surface area contributed by atoms with Crippen LogP contribution in [0.2, 0.25) is 0 Å². The zero-order valence-corrected chi connectivity index (χ0v) is 13.5. The van der Waals surface area contributed by atoms with E-state index in [4.69, 9.17) is 0 Å². The first-order valence-corrected chi connectivity index (χ1v) is 7.99. The van der Waals surface area contributed by atoms with Crippen molar-refractivity contribution in [1.29, 1.82) is 0 Å². The summed E-state index contributed by atoms with van der Waals surface area (Å²) in [6.45, 7) is 0. The number of alkyl halides is 3. The predicted octanol–water partition coefficient (Wildman–Crippen LogP) is 4.94. The molecule has 3 aromatic rings. The van der Waals surface area contributed by atoms with Gasteiger partial charge in [0.2, 0.25) is 0 Å². The van der Waals surface area contributed by atoms with Crippen LogP contribution in [-0.2, 0) is 0 Å². The number of thioether (sulfide) groups is 1. The van der Waals surface area contributed by atoms with E-state index in [-0.39, 0.29) is 22.2 Å². The molecule has 0 aliphatic heterocycles. The number of nitrogens with zero attached hydrogens (tertiary/aromatic N) is 1. The van der Waals surface area contributed by atoms with Gasteiger partial charge in [0, 0.05) is 34.1 Å². The number of anilines is 1. The fraction of sp³-hybridized carbons (Fsp3) is 0.0588. The average molecular weight is 363 g/mol. The minimum Gasteiger partial charge on any atom is -0.345 e. The number of hydrogen-bond donors (Lipinski definition) is 2. The van der Waals surface area contributed by atoms with Gasteiger partial charge in [-0.3, -0.25) is 4.79 Å². The van der Waals surface area contributed by atoms with E-state index in [1.165, 1.54) is 24.3 Å². The molecule has 0 unspecified atom stereocenters. The number of aromatic nitrogens is 2. The maximum Gasteiger partial charge on any atom is 0.446 e. The Labute approximate surface area is 145 Å². The summed E-state index contributed by atoms with van der Waals surface area (Å²) in [4.78, 5) is 19.3. The van der Waals surface area contributed by atoms with E-state index < -0.39 is 11.4 Å². The molecule has 8 heteroatoms. The Balaban J connectivity index is 1.65. The smallest absolute Gasteiger partial charge is 0.345 e. The van der Waals surface area contributed by atoms with Gasteiger partial charge in [0.15, 0.2) is 0 Å². The van der Waals surface area contributed by atoms with Gasteiger partial charge in [0.05, 0.1) is 0 Å². The lowest BCUT2D eigenvalue weighted by Crippen LogP contribution is -2.11. The van der Waals surface area contributed by atoms with Crippen LogP contribution in [0.1, 0.15) is 10.4 Å². The fourth-order valence-corrected chi connectivity index (χ4v) is 2.69. The van der Waals surface area contributed by atoms with Crippen molar-refractivity contribution in [3.05, 3.63) is 66.5 Å². The summed E-state index contributed by atoms with van der Waals surface area (Å²) in [5, 5.41) is 2.70. The zero-order chi connectivity index (χ0) is 17.9. The van der Waals surface area contributed by atoms with E-state index >= 15 is 0 Å². The van der Waals surface area contributed by atoms with Crippen molar-refractivity contribution < 1.29 is 18.0 Å². The van der Waals surface area contributed by atoms with E-state index in [1.807, 2.05) is 0 Å². The molecular formula is C17H12F3N3OS. The quantitative estimate of drug-likeness (QED) is 0.646. The first-order chi connectivity index (χ1) is 11.9. The standard InChI is InChI=1S/C17H12F3N3OS/c18-17(19,20)25-14-7-3-12(4-8-14)16(24)23-13-5-1-11(2-6-13)15-21-9-10-22-15/h1-10H,(H,21,22)(H,23,24). The van der Waals surface area contributed by atoms with Crippen molar-refractivity contribution in [3.63, 3.8) is 0 Å². The van der Waals surface area contributed by atoms with Crippen molar-refractivity contribution in [2.75, 3.05) is 5.32 Å². The second-order valence-electron chi connectivity index (χ2n) is 5.04. The number of H-pyrrole nitrogens is 1. The third kappa shape index (κ3) is 4.63. The number of benzene rings is 2. The van der Waals surface area contributed by atoms with Crippen LogP contribution in [0.5, 0.6) is 0 Å².